The number of aromatic nitrogens is 3. The number of carbonyl (C=O) groups excluding carboxylic acids is 1. The Labute approximate surface area is 192 Å². The Morgan fingerprint density at radius 2 is 1.70 bits per heavy atom. The summed E-state index contributed by atoms with van der Waals surface area (Å²) in [5.74, 6) is 1.96. The molecule has 176 valence electrons. The molecule has 33 heavy (non-hydrogen) atoms. The summed E-state index contributed by atoms with van der Waals surface area (Å²) >= 11 is 0. The highest BCUT2D eigenvalue weighted by Crippen LogP contribution is 2.33. The van der Waals surface area contributed by atoms with Crippen LogP contribution in [-0.2, 0) is 9.47 Å². The highest BCUT2D eigenvalue weighted by molar-refractivity contribution is 5.89. The average molecular weight is 456 g/mol. The number of anilines is 3. The quantitative estimate of drug-likeness (QED) is 0.581. The van der Waals surface area contributed by atoms with Gasteiger partial charge in [0.05, 0.1) is 45.1 Å². The van der Waals surface area contributed by atoms with E-state index in [1.165, 1.54) is 0 Å². The predicted octanol–water partition coefficient (Wildman–Crippen LogP) is 0.857. The van der Waals surface area contributed by atoms with Gasteiger partial charge in [0.25, 0.3) is 0 Å². The molecule has 11 nitrogen and oxygen atoms in total. The Balaban J connectivity index is 1.43. The number of nitrogens with one attached hydrogen (secondary N) is 2. The van der Waals surface area contributed by atoms with Gasteiger partial charge in [-0.1, -0.05) is 0 Å². The minimum absolute atomic E-state index is 0.107. The highest BCUT2D eigenvalue weighted by atomic mass is 16.5. The molecule has 4 heterocycles. The minimum Gasteiger partial charge on any atom is -0.395 e. The second kappa shape index (κ2) is 9.86. The first-order chi connectivity index (χ1) is 16.2. The van der Waals surface area contributed by atoms with Crippen molar-refractivity contribution >= 4 is 23.6 Å². The first kappa shape index (κ1) is 21.8. The van der Waals surface area contributed by atoms with E-state index in [9.17, 15) is 4.79 Å². The number of urea groups is 1. The third-order valence-electron chi connectivity index (χ3n) is 6.18. The Morgan fingerprint density at radius 3 is 2.39 bits per heavy atom. The zero-order valence-electron chi connectivity index (χ0n) is 18.4. The van der Waals surface area contributed by atoms with Crippen LogP contribution < -0.4 is 20.4 Å². The van der Waals surface area contributed by atoms with Crippen molar-refractivity contribution in [1.29, 1.82) is 0 Å². The van der Waals surface area contributed by atoms with Gasteiger partial charge in [0, 0.05) is 30.9 Å². The average Bonchev–Trinajstić information content (AvgIpc) is 3.11. The van der Waals surface area contributed by atoms with E-state index in [2.05, 4.69) is 20.4 Å². The van der Waals surface area contributed by atoms with Crippen molar-refractivity contribution in [3.8, 4) is 11.4 Å². The number of aliphatic hydroxyl groups is 1. The number of benzene rings is 1. The molecule has 3 saturated heterocycles. The molecule has 0 saturated carbocycles. The van der Waals surface area contributed by atoms with Gasteiger partial charge in [0.15, 0.2) is 5.82 Å². The number of ether oxygens (including phenoxy) is 2. The minimum atomic E-state index is -0.364. The summed E-state index contributed by atoms with van der Waals surface area (Å²) in [5.41, 5.74) is 1.48. The molecule has 1 aromatic heterocycles. The lowest BCUT2D eigenvalue weighted by molar-refractivity contribution is 0.0897. The Hall–Kier alpha value is -3.02. The normalized spacial score (nSPS) is 22.3. The second-order valence-corrected chi connectivity index (χ2v) is 8.37. The van der Waals surface area contributed by atoms with Crippen molar-refractivity contribution < 1.29 is 19.4 Å². The van der Waals surface area contributed by atoms with Crippen molar-refractivity contribution in [2.45, 2.75) is 24.9 Å². The molecular formula is C22H29N7O4. The number of morpholine rings is 2. The maximum Gasteiger partial charge on any atom is 0.319 e. The van der Waals surface area contributed by atoms with Gasteiger partial charge in [0.1, 0.15) is 0 Å². The van der Waals surface area contributed by atoms with E-state index in [0.717, 1.165) is 31.5 Å². The highest BCUT2D eigenvalue weighted by Gasteiger charge is 2.39. The first-order valence-corrected chi connectivity index (χ1v) is 11.4. The van der Waals surface area contributed by atoms with Crippen LogP contribution in [0.15, 0.2) is 24.3 Å². The van der Waals surface area contributed by atoms with Crippen LogP contribution in [0.4, 0.5) is 22.4 Å². The summed E-state index contributed by atoms with van der Waals surface area (Å²) in [5, 5.41) is 14.1. The zero-order valence-corrected chi connectivity index (χ0v) is 18.4. The maximum atomic E-state index is 11.8. The summed E-state index contributed by atoms with van der Waals surface area (Å²) in [4.78, 5) is 30.8. The SMILES string of the molecule is O=C(NCCO)Nc1ccc(-c2nc(N3CCOCC3)nc(N3C4CCC3COC4)n2)cc1. The van der Waals surface area contributed by atoms with Crippen molar-refractivity contribution in [3.63, 3.8) is 0 Å². The standard InChI is InChI=1S/C22H29N7O4/c30-10-7-23-22(31)24-16-3-1-15(2-4-16)19-25-20(28-8-11-32-12-9-28)27-21(26-19)29-17-5-6-18(29)14-33-13-17/h1-4,17-18,30H,5-14H2,(H2,23,24,31). The molecular weight excluding hydrogens is 426 g/mol. The molecule has 3 fully saturated rings. The van der Waals surface area contributed by atoms with E-state index >= 15 is 0 Å². The number of rotatable bonds is 6. The van der Waals surface area contributed by atoms with Gasteiger partial charge in [-0.3, -0.25) is 0 Å². The molecule has 2 bridgehead atoms. The second-order valence-electron chi connectivity index (χ2n) is 8.37. The van der Waals surface area contributed by atoms with Gasteiger partial charge < -0.3 is 35.0 Å². The van der Waals surface area contributed by atoms with Crippen LogP contribution in [0, 0.1) is 0 Å². The van der Waals surface area contributed by atoms with Crippen LogP contribution in [0.3, 0.4) is 0 Å². The summed E-state index contributed by atoms with van der Waals surface area (Å²) in [7, 11) is 0. The molecule has 2 aromatic rings. The smallest absolute Gasteiger partial charge is 0.319 e. The molecule has 3 aliphatic rings. The van der Waals surface area contributed by atoms with Crippen LogP contribution in [-0.4, -0.2) is 90.8 Å². The summed E-state index contributed by atoms with van der Waals surface area (Å²) in [6.45, 7) is 4.27. The van der Waals surface area contributed by atoms with Gasteiger partial charge in [-0.15, -0.1) is 0 Å². The van der Waals surface area contributed by atoms with Gasteiger partial charge in [-0.05, 0) is 37.1 Å². The van der Waals surface area contributed by atoms with Crippen LogP contribution >= 0.6 is 0 Å². The first-order valence-electron chi connectivity index (χ1n) is 11.4. The largest absolute Gasteiger partial charge is 0.395 e. The van der Waals surface area contributed by atoms with Crippen LogP contribution in [0.5, 0.6) is 0 Å². The fraction of sp³-hybridized carbons (Fsp3) is 0.545. The monoisotopic (exact) mass is 455 g/mol. The van der Waals surface area contributed by atoms with Crippen LogP contribution in [0.2, 0.25) is 0 Å². The molecule has 2 amide bonds. The third-order valence-corrected chi connectivity index (χ3v) is 6.18. The lowest BCUT2D eigenvalue weighted by Gasteiger charge is -2.35. The summed E-state index contributed by atoms with van der Waals surface area (Å²) in [6.07, 6.45) is 2.16. The zero-order chi connectivity index (χ0) is 22.6. The number of hydrogen-bond acceptors (Lipinski definition) is 9. The topological polar surface area (TPSA) is 125 Å². The van der Waals surface area contributed by atoms with Crippen molar-refractivity contribution in [2.75, 3.05) is 67.8 Å². The molecule has 0 spiro atoms. The van der Waals surface area contributed by atoms with Crippen molar-refractivity contribution in [3.05, 3.63) is 24.3 Å². The van der Waals surface area contributed by atoms with E-state index in [0.29, 0.717) is 61.9 Å². The number of amides is 2. The predicted molar refractivity (Wildman–Crippen MR) is 123 cm³/mol. The summed E-state index contributed by atoms with van der Waals surface area (Å²) in [6, 6.07) is 7.61. The van der Waals surface area contributed by atoms with E-state index in [-0.39, 0.29) is 19.2 Å². The van der Waals surface area contributed by atoms with E-state index in [1.54, 1.807) is 0 Å². The van der Waals surface area contributed by atoms with E-state index in [4.69, 9.17) is 29.5 Å². The Bertz CT molecular complexity index is 952. The molecule has 3 aliphatic heterocycles. The van der Waals surface area contributed by atoms with Crippen molar-refractivity contribution in [1.82, 2.24) is 20.3 Å². The van der Waals surface area contributed by atoms with Crippen molar-refractivity contribution in [2.24, 2.45) is 0 Å². The Kier molecular flexibility index (Phi) is 6.51. The van der Waals surface area contributed by atoms with Gasteiger partial charge in [-0.2, -0.15) is 15.0 Å². The lowest BCUT2D eigenvalue weighted by atomic mass is 10.2. The number of hydrogen-bond donors (Lipinski definition) is 3. The molecule has 2 unspecified atom stereocenters. The molecule has 0 radical (unpaired) electrons. The van der Waals surface area contributed by atoms with Crippen LogP contribution in [0.1, 0.15) is 12.8 Å². The maximum absolute atomic E-state index is 11.8. The van der Waals surface area contributed by atoms with Crippen LogP contribution in [0.25, 0.3) is 11.4 Å². The fourth-order valence-electron chi connectivity index (χ4n) is 4.51. The molecule has 2 atom stereocenters. The van der Waals surface area contributed by atoms with E-state index in [1.807, 2.05) is 24.3 Å². The molecule has 5 rings (SSSR count). The molecule has 1 aromatic carbocycles. The lowest BCUT2D eigenvalue weighted by Crippen LogP contribution is -2.47. The Morgan fingerprint density at radius 1 is 1.00 bits per heavy atom. The molecule has 3 N–H and O–H groups in total. The van der Waals surface area contributed by atoms with E-state index < -0.39 is 0 Å². The number of nitrogens with zero attached hydrogens (tertiary/aromatic N) is 5. The fourth-order valence-corrected chi connectivity index (χ4v) is 4.51. The number of fused-ring (bicyclic) bond motifs is 2. The van der Waals surface area contributed by atoms with Gasteiger partial charge in [0.2, 0.25) is 11.9 Å². The summed E-state index contributed by atoms with van der Waals surface area (Å²) < 4.78 is 11.2. The van der Waals surface area contributed by atoms with Gasteiger partial charge >= 0.3 is 6.03 Å². The third kappa shape index (κ3) is 4.85. The molecule has 11 heteroatoms. The van der Waals surface area contributed by atoms with Gasteiger partial charge in [-0.25, -0.2) is 4.79 Å². The molecule has 0 aliphatic carbocycles. The number of carbonyl (C=O) groups is 1. The number of aliphatic hydroxyl groups excluding tert-OH is 1.